The van der Waals surface area contributed by atoms with Crippen molar-refractivity contribution in [2.75, 3.05) is 16.0 Å². The second-order valence-corrected chi connectivity index (χ2v) is 8.27. The first-order valence-corrected chi connectivity index (χ1v) is 9.70. The van der Waals surface area contributed by atoms with E-state index in [0.29, 0.717) is 17.0 Å². The molecule has 0 radical (unpaired) electrons. The molecule has 2 aliphatic rings. The van der Waals surface area contributed by atoms with Crippen molar-refractivity contribution in [1.82, 2.24) is 0 Å². The molecule has 2 amide bonds. The maximum absolute atomic E-state index is 13.2. The van der Waals surface area contributed by atoms with Crippen LogP contribution in [-0.2, 0) is 20.6 Å². The Hall–Kier alpha value is -2.48. The van der Waals surface area contributed by atoms with Crippen molar-refractivity contribution in [1.29, 1.82) is 0 Å². The van der Waals surface area contributed by atoms with E-state index in [-0.39, 0.29) is 18.0 Å². The molecule has 0 aromatic heterocycles. The Kier molecular flexibility index (Phi) is 4.22. The molecule has 28 heavy (non-hydrogen) atoms. The molecule has 2 aliphatic heterocycles. The van der Waals surface area contributed by atoms with Crippen LogP contribution in [0.3, 0.4) is 0 Å². The predicted octanol–water partition coefficient (Wildman–Crippen LogP) is 4.60. The van der Waals surface area contributed by atoms with Gasteiger partial charge in [0, 0.05) is 23.4 Å². The number of benzene rings is 2. The van der Waals surface area contributed by atoms with Crippen LogP contribution in [0.5, 0.6) is 0 Å². The third-order valence-electron chi connectivity index (χ3n) is 5.01. The Morgan fingerprint density at radius 1 is 1.14 bits per heavy atom. The maximum Gasteiger partial charge on any atom is 0.416 e. The average molecular weight is 406 g/mol. The number of hydrogen-bond acceptors (Lipinski definition) is 3. The SMILES string of the molecule is Cc1cc(C)c2c(c1)[C@@]1(SCCC(=O)N1c1cccc(C(F)(F)F)c1)C(=O)N2. The number of fused-ring (bicyclic) bond motifs is 2. The number of hydrogen-bond donors (Lipinski definition) is 1. The lowest BCUT2D eigenvalue weighted by Crippen LogP contribution is -2.55. The molecule has 2 heterocycles. The minimum absolute atomic E-state index is 0.0641. The fourth-order valence-corrected chi connectivity index (χ4v) is 5.28. The van der Waals surface area contributed by atoms with Gasteiger partial charge < -0.3 is 5.32 Å². The molecule has 146 valence electrons. The van der Waals surface area contributed by atoms with Gasteiger partial charge in [-0.1, -0.05) is 23.8 Å². The zero-order chi connectivity index (χ0) is 20.3. The van der Waals surface area contributed by atoms with Crippen LogP contribution in [0.4, 0.5) is 24.5 Å². The number of anilines is 2. The first kappa shape index (κ1) is 18.9. The van der Waals surface area contributed by atoms with Crippen LogP contribution in [0.1, 0.15) is 28.7 Å². The minimum Gasteiger partial charge on any atom is -0.322 e. The number of thioether (sulfide) groups is 1. The summed E-state index contributed by atoms with van der Waals surface area (Å²) in [4.78, 5) is 25.8. The highest BCUT2D eigenvalue weighted by Gasteiger charge is 2.56. The number of amides is 2. The van der Waals surface area contributed by atoms with Gasteiger partial charge in [0.2, 0.25) is 10.8 Å². The van der Waals surface area contributed by atoms with E-state index < -0.39 is 22.5 Å². The van der Waals surface area contributed by atoms with Crippen molar-refractivity contribution >= 4 is 35.0 Å². The molecule has 2 aromatic rings. The Balaban J connectivity index is 1.95. The van der Waals surface area contributed by atoms with Gasteiger partial charge in [-0.2, -0.15) is 13.2 Å². The van der Waals surface area contributed by atoms with Crippen LogP contribution in [0, 0.1) is 13.8 Å². The number of halogens is 3. The van der Waals surface area contributed by atoms with Crippen LogP contribution >= 0.6 is 11.8 Å². The highest BCUT2D eigenvalue weighted by molar-refractivity contribution is 8.01. The van der Waals surface area contributed by atoms with Crippen LogP contribution in [0.15, 0.2) is 36.4 Å². The maximum atomic E-state index is 13.2. The molecular weight excluding hydrogens is 389 g/mol. The first-order valence-electron chi connectivity index (χ1n) is 8.72. The molecular formula is C20H17F3N2O2S. The van der Waals surface area contributed by atoms with E-state index in [4.69, 9.17) is 0 Å². The van der Waals surface area contributed by atoms with Gasteiger partial charge in [-0.15, -0.1) is 11.8 Å². The summed E-state index contributed by atoms with van der Waals surface area (Å²) in [5.74, 6) is -0.374. The Morgan fingerprint density at radius 3 is 2.61 bits per heavy atom. The molecule has 1 N–H and O–H groups in total. The summed E-state index contributed by atoms with van der Waals surface area (Å²) in [6, 6.07) is 8.32. The monoisotopic (exact) mass is 406 g/mol. The lowest BCUT2D eigenvalue weighted by Gasteiger charge is -2.42. The molecule has 4 rings (SSSR count). The van der Waals surface area contributed by atoms with Crippen LogP contribution in [-0.4, -0.2) is 17.6 Å². The quantitative estimate of drug-likeness (QED) is 0.753. The van der Waals surface area contributed by atoms with E-state index in [1.807, 2.05) is 26.0 Å². The predicted molar refractivity (Wildman–Crippen MR) is 102 cm³/mol. The van der Waals surface area contributed by atoms with Crippen LogP contribution in [0.2, 0.25) is 0 Å². The van der Waals surface area contributed by atoms with E-state index in [1.165, 1.54) is 28.8 Å². The van der Waals surface area contributed by atoms with Crippen molar-refractivity contribution in [2.45, 2.75) is 31.3 Å². The van der Waals surface area contributed by atoms with Gasteiger partial charge in [-0.25, -0.2) is 0 Å². The van der Waals surface area contributed by atoms with E-state index in [0.717, 1.165) is 23.3 Å². The van der Waals surface area contributed by atoms with Gasteiger partial charge in [0.25, 0.3) is 5.91 Å². The molecule has 2 aromatic carbocycles. The molecule has 1 atom stereocenters. The number of carbonyl (C=O) groups is 2. The lowest BCUT2D eigenvalue weighted by atomic mass is 9.98. The van der Waals surface area contributed by atoms with Crippen molar-refractivity contribution in [2.24, 2.45) is 0 Å². The number of rotatable bonds is 1. The van der Waals surface area contributed by atoms with E-state index in [1.54, 1.807) is 0 Å². The topological polar surface area (TPSA) is 49.4 Å². The average Bonchev–Trinajstić information content (AvgIpc) is 2.88. The second-order valence-electron chi connectivity index (χ2n) is 6.98. The largest absolute Gasteiger partial charge is 0.416 e. The zero-order valence-corrected chi connectivity index (χ0v) is 16.0. The van der Waals surface area contributed by atoms with E-state index in [2.05, 4.69) is 5.32 Å². The van der Waals surface area contributed by atoms with Crippen LogP contribution < -0.4 is 10.2 Å². The van der Waals surface area contributed by atoms with Crippen molar-refractivity contribution in [3.8, 4) is 0 Å². The minimum atomic E-state index is -4.54. The number of nitrogens with one attached hydrogen (secondary N) is 1. The molecule has 1 saturated heterocycles. The van der Waals surface area contributed by atoms with Gasteiger partial charge in [0.05, 0.1) is 11.3 Å². The third-order valence-corrected chi connectivity index (χ3v) is 6.43. The molecule has 4 nitrogen and oxygen atoms in total. The molecule has 0 bridgehead atoms. The molecule has 0 aliphatic carbocycles. The summed E-state index contributed by atoms with van der Waals surface area (Å²) in [5.41, 5.74) is 2.20. The molecule has 0 unspecified atom stereocenters. The van der Waals surface area contributed by atoms with Gasteiger partial charge in [0.15, 0.2) is 0 Å². The standard InChI is InChI=1S/C20H17F3N2O2S/c1-11-8-12(2)17-15(9-11)19(18(27)24-17)25(16(26)6-7-28-19)14-5-3-4-13(10-14)20(21,22)23/h3-5,8-10H,6-7H2,1-2H3,(H,24,27)/t19-/m1/s1. The van der Waals surface area contributed by atoms with Crippen molar-refractivity contribution < 1.29 is 22.8 Å². The highest BCUT2D eigenvalue weighted by Crippen LogP contribution is 2.53. The van der Waals surface area contributed by atoms with Crippen molar-refractivity contribution in [3.05, 3.63) is 58.7 Å². The molecule has 1 spiro atoms. The summed E-state index contributed by atoms with van der Waals surface area (Å²) in [7, 11) is 0. The highest BCUT2D eigenvalue weighted by atomic mass is 32.2. The van der Waals surface area contributed by atoms with E-state index >= 15 is 0 Å². The molecule has 1 fully saturated rings. The van der Waals surface area contributed by atoms with Crippen molar-refractivity contribution in [3.63, 3.8) is 0 Å². The summed E-state index contributed by atoms with van der Waals surface area (Å²) < 4.78 is 39.7. The summed E-state index contributed by atoms with van der Waals surface area (Å²) in [6.45, 7) is 3.74. The Morgan fingerprint density at radius 2 is 1.89 bits per heavy atom. The fraction of sp³-hybridized carbons (Fsp3) is 0.300. The Bertz CT molecular complexity index is 1010. The first-order chi connectivity index (χ1) is 13.1. The molecule has 0 saturated carbocycles. The fourth-order valence-electron chi connectivity index (χ4n) is 3.87. The zero-order valence-electron chi connectivity index (χ0n) is 15.2. The van der Waals surface area contributed by atoms with Gasteiger partial charge in [0.1, 0.15) is 0 Å². The van der Waals surface area contributed by atoms with Gasteiger partial charge in [-0.3, -0.25) is 14.5 Å². The smallest absolute Gasteiger partial charge is 0.322 e. The number of carbonyl (C=O) groups excluding carboxylic acids is 2. The summed E-state index contributed by atoms with van der Waals surface area (Å²) in [6.07, 6.45) is -4.39. The summed E-state index contributed by atoms with van der Waals surface area (Å²) >= 11 is 1.27. The third kappa shape index (κ3) is 2.70. The normalized spacial score (nSPS) is 21.8. The number of alkyl halides is 3. The second kappa shape index (κ2) is 6.27. The lowest BCUT2D eigenvalue weighted by molar-refractivity contribution is -0.137. The number of aryl methyl sites for hydroxylation is 2. The molecule has 8 heteroatoms. The van der Waals surface area contributed by atoms with Gasteiger partial charge in [-0.05, 0) is 37.6 Å². The van der Waals surface area contributed by atoms with Gasteiger partial charge >= 0.3 is 6.18 Å². The Labute approximate surface area is 164 Å². The van der Waals surface area contributed by atoms with Crippen LogP contribution in [0.25, 0.3) is 0 Å². The summed E-state index contributed by atoms with van der Waals surface area (Å²) in [5, 5.41) is 2.84. The van der Waals surface area contributed by atoms with E-state index in [9.17, 15) is 22.8 Å². The number of nitrogens with zero attached hydrogens (tertiary/aromatic N) is 1.